The van der Waals surface area contributed by atoms with Gasteiger partial charge in [-0.1, -0.05) is 180 Å². The van der Waals surface area contributed by atoms with E-state index in [0.717, 1.165) is 44.3 Å². The fraction of sp³-hybridized carbons (Fsp3) is 0.262. The van der Waals surface area contributed by atoms with Crippen LogP contribution in [0.25, 0.3) is 109 Å². The van der Waals surface area contributed by atoms with Gasteiger partial charge in [0.1, 0.15) is 11.5 Å². The lowest BCUT2D eigenvalue weighted by Gasteiger charge is -2.42. The van der Waals surface area contributed by atoms with Crippen molar-refractivity contribution in [2.45, 2.75) is 105 Å². The average molecular weight is 1890 g/mol. The number of hydrogen-bond donors (Lipinski definition) is 1. The Hall–Kier alpha value is -13.6. The number of anilines is 3. The number of piperazine rings is 3. The number of aromatic nitrogens is 5. The molecule has 3 aliphatic heterocycles. The first kappa shape index (κ1) is 95.5. The second-order valence-corrected chi connectivity index (χ2v) is 35.8. The van der Waals surface area contributed by atoms with Crippen LogP contribution < -0.4 is 40.9 Å². The molecule has 3 amide bonds. The summed E-state index contributed by atoms with van der Waals surface area (Å²) in [7, 11) is 2.85. The van der Waals surface area contributed by atoms with E-state index in [4.69, 9.17) is 87.2 Å². The average Bonchev–Trinajstić information content (AvgIpc) is 1.25. The number of fused-ring (bicyclic) bond motifs is 4. The van der Waals surface area contributed by atoms with E-state index in [1.165, 1.54) is 52.5 Å². The Morgan fingerprint density at radius 1 is 0.474 bits per heavy atom. The summed E-state index contributed by atoms with van der Waals surface area (Å²) in [6.07, 6.45) is 4.32. The Morgan fingerprint density at radius 2 is 0.805 bits per heavy atom. The molecule has 680 valence electrons. The van der Waals surface area contributed by atoms with Gasteiger partial charge in [-0.25, -0.2) is 27.7 Å². The van der Waals surface area contributed by atoms with Crippen LogP contribution in [0.2, 0.25) is 25.1 Å². The molecular weight excluding hydrogens is 1800 g/mol. The Labute approximate surface area is 792 Å². The lowest BCUT2D eigenvalue weighted by molar-refractivity contribution is -0.129. The normalized spacial score (nSPS) is 15.1. The largest absolute Gasteiger partial charge is 0.496 e. The molecule has 0 unspecified atom stereocenters. The molecule has 9 aromatic carbocycles. The molecule has 133 heavy (non-hydrogen) atoms. The highest BCUT2D eigenvalue weighted by molar-refractivity contribution is 6.37. The molecule has 13 aromatic rings. The van der Waals surface area contributed by atoms with Crippen LogP contribution in [0.5, 0.6) is 11.5 Å². The molecule has 16 rings (SSSR count). The van der Waals surface area contributed by atoms with Gasteiger partial charge in [-0.3, -0.25) is 47.6 Å². The molecule has 30 heteroatoms. The maximum atomic E-state index is 15.6. The Kier molecular flexibility index (Phi) is 28.3. The number of hydrogen-bond acceptors (Lipinski definition) is 12. The van der Waals surface area contributed by atoms with Crippen molar-refractivity contribution in [1.29, 1.82) is 0 Å². The van der Waals surface area contributed by atoms with Crippen molar-refractivity contribution >= 4 is 153 Å². The maximum absolute atomic E-state index is 15.6. The standard InChI is InChI=1S/C35H32ClFN6O2.2C34H31Cl2FN4O3/c1-19(2)23-9-7-8-10-29(23)43-30-16-24(31-20(3)11-12-28-26(31)17-39-40-28)27(36)15-25(30)33(32(38-6)35(43)45)42-14-13-41(18-21(42)4)34(44)22(5)37;2*1-7-29(42)39-14-15-40(20(4)18-39)33-23-16-25(36)22(30-28(44-6)13-12-24(35)31(30)37)17-27(23)41(34(43)32(33)38-5)26-11-9-8-10-21(26)19(2)3/h7-12,15-17,19,21H,5,13-14,18H2,1-4H3,(H,39,40);2*7-13,16-17,19-20H,1,14-15,18H2,2-4,6H3/t21-;2*20-/m000/s1. The zero-order chi connectivity index (χ0) is 95.9. The van der Waals surface area contributed by atoms with Gasteiger partial charge in [-0.05, 0) is 170 Å². The van der Waals surface area contributed by atoms with Crippen LogP contribution in [-0.4, -0.2) is 148 Å². The van der Waals surface area contributed by atoms with E-state index in [9.17, 15) is 33.2 Å². The number of methoxy groups -OCH3 is 2. The number of H-pyrrole nitrogens is 1. The number of carbonyl (C=O) groups is 3. The molecule has 4 aromatic heterocycles. The van der Waals surface area contributed by atoms with Gasteiger partial charge in [0.25, 0.3) is 39.6 Å². The SMILES string of the molecule is [C-]#[N+]c1c(N2CCN(C(=O)C(=C)F)C[C@@H]2C)c2cc(Cl)c(-c3c(C)ccc4[nH]ncc34)cc2n(-c2ccccc2C(C)C)c1=O.[C-]#[N+]c1c(N2CCN(C(=O)C=C)C[C@@H]2C)c2cc(Cl)c(-c3c(OC)ccc(Cl)c3F)cc2n(-c2ccccc2C(C)C)c1=O.[C-]#[N+]c1c(N2CCN(C(=O)C=C)C[C@@H]2C)c2cc(Cl)c(-c3c(OC)ccc(Cl)c3F)cc2n(-c2ccccc2C(C)C)c1=O. The van der Waals surface area contributed by atoms with Gasteiger partial charge in [0.2, 0.25) is 11.8 Å². The van der Waals surface area contributed by atoms with E-state index < -0.39 is 40.0 Å². The third-order valence-corrected chi connectivity index (χ3v) is 26.3. The molecule has 7 heterocycles. The van der Waals surface area contributed by atoms with Crippen molar-refractivity contribution in [1.82, 2.24) is 38.6 Å². The van der Waals surface area contributed by atoms with Crippen LogP contribution in [-0.2, 0) is 14.4 Å². The monoisotopic (exact) mass is 1890 g/mol. The minimum atomic E-state index is -1.02. The number of nitrogens with zero attached hydrogens (tertiary/aromatic N) is 13. The number of amides is 3. The van der Waals surface area contributed by atoms with Gasteiger partial charge in [0, 0.05) is 130 Å². The van der Waals surface area contributed by atoms with Gasteiger partial charge >= 0.3 is 0 Å². The van der Waals surface area contributed by atoms with Crippen molar-refractivity contribution in [3.05, 3.63) is 314 Å². The van der Waals surface area contributed by atoms with Crippen LogP contribution in [0.15, 0.2) is 204 Å². The van der Waals surface area contributed by atoms with Gasteiger partial charge < -0.3 is 38.9 Å². The van der Waals surface area contributed by atoms with E-state index in [2.05, 4.69) is 58.3 Å². The van der Waals surface area contributed by atoms with Crippen molar-refractivity contribution < 1.29 is 37.0 Å². The van der Waals surface area contributed by atoms with E-state index in [1.807, 2.05) is 167 Å². The molecule has 0 radical (unpaired) electrons. The highest BCUT2D eigenvalue weighted by Crippen LogP contribution is 2.51. The van der Waals surface area contributed by atoms with E-state index in [-0.39, 0.29) is 138 Å². The zero-order valence-electron chi connectivity index (χ0n) is 75.1. The second-order valence-electron chi connectivity index (χ2n) is 33.8. The van der Waals surface area contributed by atoms with Gasteiger partial charge in [0.05, 0.1) is 117 Å². The number of aryl methyl sites for hydroxylation is 1. The smallest absolute Gasteiger partial charge is 0.282 e. The highest BCUT2D eigenvalue weighted by atomic mass is 35.5. The van der Waals surface area contributed by atoms with Crippen molar-refractivity contribution in [3.8, 4) is 61.9 Å². The first-order chi connectivity index (χ1) is 63.6. The van der Waals surface area contributed by atoms with Crippen molar-refractivity contribution in [2.75, 3.05) is 87.8 Å². The predicted octanol–water partition coefficient (Wildman–Crippen LogP) is 23.7. The second kappa shape index (κ2) is 39.5. The summed E-state index contributed by atoms with van der Waals surface area (Å²) in [5.74, 6) is -2.91. The molecule has 3 saturated heterocycles. The molecule has 0 aliphatic carbocycles. The summed E-state index contributed by atoms with van der Waals surface area (Å²) in [4.78, 5) is 103. The summed E-state index contributed by atoms with van der Waals surface area (Å²) < 4.78 is 60.6. The third kappa shape index (κ3) is 17.7. The van der Waals surface area contributed by atoms with E-state index >= 15 is 8.78 Å². The number of benzene rings is 9. The maximum Gasteiger partial charge on any atom is 0.282 e. The molecule has 0 spiro atoms. The number of para-hydroxylation sites is 3. The summed E-state index contributed by atoms with van der Waals surface area (Å²) >= 11 is 33.4. The topological polar surface area (TPSA) is 197 Å². The Bertz CT molecular complexity index is 7030. The molecule has 0 saturated carbocycles. The number of pyridine rings is 3. The lowest BCUT2D eigenvalue weighted by Crippen LogP contribution is -2.54. The quantitative estimate of drug-likeness (QED) is 0.0670. The fourth-order valence-electron chi connectivity index (χ4n) is 18.4. The van der Waals surface area contributed by atoms with Crippen molar-refractivity contribution in [2.24, 2.45) is 0 Å². The number of rotatable bonds is 17. The lowest BCUT2D eigenvalue weighted by atomic mass is 9.94. The van der Waals surface area contributed by atoms with E-state index in [1.54, 1.807) is 57.0 Å². The third-order valence-electron chi connectivity index (χ3n) is 24.8. The predicted molar refractivity (Wildman–Crippen MR) is 529 cm³/mol. The summed E-state index contributed by atoms with van der Waals surface area (Å²) in [6, 6.07) is 42.2. The minimum Gasteiger partial charge on any atom is -0.496 e. The van der Waals surface area contributed by atoms with Gasteiger partial charge in [0.15, 0.2) is 17.5 Å². The first-order valence-electron chi connectivity index (χ1n) is 43.0. The summed E-state index contributed by atoms with van der Waals surface area (Å²) in [6.45, 7) is 57.8. The summed E-state index contributed by atoms with van der Waals surface area (Å²) in [5.41, 5.74) is 9.90. The number of nitrogens with one attached hydrogen (secondary N) is 1. The van der Waals surface area contributed by atoms with Crippen LogP contribution in [0, 0.1) is 38.3 Å². The molecule has 3 atom stereocenters. The molecule has 22 nitrogen and oxygen atoms in total. The van der Waals surface area contributed by atoms with Crippen LogP contribution in [0.1, 0.15) is 102 Å². The number of carbonyl (C=O) groups excluding carboxylic acids is 3. The molecule has 0 bridgehead atoms. The zero-order valence-corrected chi connectivity index (χ0v) is 78.9. The Morgan fingerprint density at radius 3 is 1.12 bits per heavy atom. The number of halogens is 8. The molecular formula is C103H94Cl5F3N14O8. The first-order valence-corrected chi connectivity index (χ1v) is 44.9. The summed E-state index contributed by atoms with van der Waals surface area (Å²) in [5, 5.41) is 10.5. The van der Waals surface area contributed by atoms with Crippen LogP contribution >= 0.6 is 58.0 Å². The molecule has 3 aliphatic rings. The Balaban J connectivity index is 0.000000160. The number of ether oxygens (including phenoxy) is 2. The van der Waals surface area contributed by atoms with Crippen LogP contribution in [0.4, 0.5) is 47.3 Å². The van der Waals surface area contributed by atoms with Crippen molar-refractivity contribution in [3.63, 3.8) is 0 Å². The fourth-order valence-corrected chi connectivity index (χ4v) is 19.5. The number of aromatic amines is 1. The minimum absolute atomic E-state index is 0.0421. The highest BCUT2D eigenvalue weighted by Gasteiger charge is 2.38. The van der Waals surface area contributed by atoms with Gasteiger partial charge in [-0.2, -0.15) is 5.10 Å². The molecule has 1 N–H and O–H groups in total. The van der Waals surface area contributed by atoms with Gasteiger partial charge in [-0.15, -0.1) is 0 Å². The van der Waals surface area contributed by atoms with E-state index in [0.29, 0.717) is 111 Å². The van der Waals surface area contributed by atoms with Crippen LogP contribution in [0.3, 0.4) is 0 Å². The molecule has 3 fully saturated rings.